The van der Waals surface area contributed by atoms with Crippen LogP contribution in [0.2, 0.25) is 5.02 Å². The van der Waals surface area contributed by atoms with Gasteiger partial charge in [0.15, 0.2) is 5.76 Å². The van der Waals surface area contributed by atoms with E-state index < -0.39 is 0 Å². The van der Waals surface area contributed by atoms with Gasteiger partial charge in [-0.1, -0.05) is 60.1 Å². The Labute approximate surface area is 142 Å². The van der Waals surface area contributed by atoms with Crippen LogP contribution in [0.4, 0.5) is 0 Å². The molecular weight excluding hydrogens is 328 g/mol. The maximum atomic E-state index is 6.23. The molecular formula is C18H11ClN2OS. The van der Waals surface area contributed by atoms with Crippen LogP contribution in [-0.4, -0.2) is 9.97 Å². The molecule has 0 fully saturated rings. The molecule has 112 valence electrons. The van der Waals surface area contributed by atoms with Crippen LogP contribution in [0, 0.1) is 0 Å². The topological polar surface area (TPSA) is 38.9 Å². The molecule has 0 saturated carbocycles. The molecule has 0 unspecified atom stereocenters. The van der Waals surface area contributed by atoms with E-state index in [0.29, 0.717) is 16.6 Å². The molecule has 0 aliphatic heterocycles. The van der Waals surface area contributed by atoms with Crippen LogP contribution in [0.15, 0.2) is 70.6 Å². The van der Waals surface area contributed by atoms with Gasteiger partial charge >= 0.3 is 0 Å². The minimum Gasteiger partial charge on any atom is -0.435 e. The number of thiazole rings is 1. The summed E-state index contributed by atoms with van der Waals surface area (Å²) >= 11 is 7.75. The van der Waals surface area contributed by atoms with Gasteiger partial charge in [0, 0.05) is 16.5 Å². The number of hydrogen-bond donors (Lipinski definition) is 0. The molecule has 3 nitrogen and oxygen atoms in total. The molecule has 2 heterocycles. The third-order valence-corrected chi connectivity index (χ3v) is 4.60. The lowest BCUT2D eigenvalue weighted by Gasteiger charge is -1.98. The Morgan fingerprint density at radius 3 is 2.57 bits per heavy atom. The van der Waals surface area contributed by atoms with Crippen LogP contribution >= 0.6 is 22.9 Å². The fourth-order valence-electron chi connectivity index (χ4n) is 2.26. The summed E-state index contributed by atoms with van der Waals surface area (Å²) in [4.78, 5) is 8.93. The molecule has 5 heteroatoms. The summed E-state index contributed by atoms with van der Waals surface area (Å²) < 4.78 is 5.84. The number of benzene rings is 2. The van der Waals surface area contributed by atoms with E-state index in [0.717, 1.165) is 21.9 Å². The van der Waals surface area contributed by atoms with Crippen molar-refractivity contribution in [2.75, 3.05) is 0 Å². The zero-order valence-corrected chi connectivity index (χ0v) is 13.5. The Bertz CT molecular complexity index is 946. The number of rotatable bonds is 3. The van der Waals surface area contributed by atoms with Crippen molar-refractivity contribution >= 4 is 22.9 Å². The molecule has 0 aliphatic rings. The second kappa shape index (κ2) is 5.99. The van der Waals surface area contributed by atoms with E-state index in [1.807, 2.05) is 60.0 Å². The number of aromatic nitrogens is 2. The van der Waals surface area contributed by atoms with Crippen molar-refractivity contribution in [3.8, 4) is 33.5 Å². The molecule has 0 N–H and O–H groups in total. The quantitative estimate of drug-likeness (QED) is 0.475. The van der Waals surface area contributed by atoms with Gasteiger partial charge in [-0.15, -0.1) is 11.3 Å². The fraction of sp³-hybridized carbons (Fsp3) is 0. The summed E-state index contributed by atoms with van der Waals surface area (Å²) in [7, 11) is 0. The van der Waals surface area contributed by atoms with E-state index in [1.165, 1.54) is 11.3 Å². The lowest BCUT2D eigenvalue weighted by molar-refractivity contribution is 0.587. The molecule has 0 bridgehead atoms. The van der Waals surface area contributed by atoms with E-state index in [-0.39, 0.29) is 0 Å². The van der Waals surface area contributed by atoms with Gasteiger partial charge in [0.05, 0.1) is 11.2 Å². The van der Waals surface area contributed by atoms with E-state index in [2.05, 4.69) is 9.97 Å². The fourth-order valence-corrected chi connectivity index (χ4v) is 3.37. The lowest BCUT2D eigenvalue weighted by atomic mass is 10.2. The summed E-state index contributed by atoms with van der Waals surface area (Å²) in [5, 5.41) is 3.47. The van der Waals surface area contributed by atoms with E-state index in [1.54, 1.807) is 6.20 Å². The van der Waals surface area contributed by atoms with E-state index in [9.17, 15) is 0 Å². The molecule has 23 heavy (non-hydrogen) atoms. The van der Waals surface area contributed by atoms with E-state index >= 15 is 0 Å². The van der Waals surface area contributed by atoms with Crippen molar-refractivity contribution in [3.63, 3.8) is 0 Å². The first-order chi connectivity index (χ1) is 11.3. The number of nitrogens with zero attached hydrogens (tertiary/aromatic N) is 2. The third kappa shape index (κ3) is 2.79. The summed E-state index contributed by atoms with van der Waals surface area (Å²) in [5.74, 6) is 1.24. The molecule has 4 aromatic rings. The standard InChI is InChI=1S/C18H11ClN2OS/c19-14-9-5-4-8-13(14)18-21-15(11-23-18)17-20-10-16(22-17)12-6-2-1-3-7-12/h1-11H. The largest absolute Gasteiger partial charge is 0.435 e. The van der Waals surface area contributed by atoms with Crippen molar-refractivity contribution < 1.29 is 4.42 Å². The molecule has 0 spiro atoms. The maximum absolute atomic E-state index is 6.23. The van der Waals surface area contributed by atoms with Crippen molar-refractivity contribution in [1.29, 1.82) is 0 Å². The van der Waals surface area contributed by atoms with Crippen LogP contribution in [-0.2, 0) is 0 Å². The monoisotopic (exact) mass is 338 g/mol. The molecule has 0 radical (unpaired) electrons. The van der Waals surface area contributed by atoms with Crippen LogP contribution < -0.4 is 0 Å². The summed E-state index contributed by atoms with van der Waals surface area (Å²) in [6.45, 7) is 0. The smallest absolute Gasteiger partial charge is 0.246 e. The summed E-state index contributed by atoms with van der Waals surface area (Å²) in [5.41, 5.74) is 2.63. The van der Waals surface area contributed by atoms with Crippen molar-refractivity contribution in [1.82, 2.24) is 9.97 Å². The highest BCUT2D eigenvalue weighted by atomic mass is 35.5. The molecule has 0 amide bonds. The number of oxazole rings is 1. The second-order valence-electron chi connectivity index (χ2n) is 4.91. The Kier molecular flexibility index (Phi) is 3.69. The third-order valence-electron chi connectivity index (χ3n) is 3.39. The van der Waals surface area contributed by atoms with Crippen LogP contribution in [0.3, 0.4) is 0 Å². The highest BCUT2D eigenvalue weighted by Crippen LogP contribution is 2.33. The van der Waals surface area contributed by atoms with Gasteiger partial charge in [-0.25, -0.2) is 9.97 Å². The number of halogens is 1. The van der Waals surface area contributed by atoms with Gasteiger partial charge in [0.1, 0.15) is 10.7 Å². The molecule has 4 rings (SSSR count). The average molecular weight is 339 g/mol. The van der Waals surface area contributed by atoms with Gasteiger partial charge in [0.25, 0.3) is 0 Å². The molecule has 0 aliphatic carbocycles. The minimum atomic E-state index is 0.512. The second-order valence-corrected chi connectivity index (χ2v) is 6.18. The van der Waals surface area contributed by atoms with Gasteiger partial charge in [0.2, 0.25) is 5.89 Å². The SMILES string of the molecule is Clc1ccccc1-c1nc(-c2ncc(-c3ccccc3)o2)cs1. The van der Waals surface area contributed by atoms with Gasteiger partial charge in [-0.2, -0.15) is 0 Å². The first-order valence-electron chi connectivity index (χ1n) is 7.03. The Hall–Kier alpha value is -2.43. The first kappa shape index (κ1) is 14.2. The average Bonchev–Trinajstić information content (AvgIpc) is 3.25. The minimum absolute atomic E-state index is 0.512. The molecule has 0 saturated heterocycles. The Morgan fingerprint density at radius 2 is 1.74 bits per heavy atom. The maximum Gasteiger partial charge on any atom is 0.246 e. The lowest BCUT2D eigenvalue weighted by Crippen LogP contribution is -1.80. The predicted octanol–water partition coefficient (Wildman–Crippen LogP) is 5.79. The van der Waals surface area contributed by atoms with Crippen molar-refractivity contribution in [3.05, 3.63) is 71.2 Å². The molecule has 0 atom stereocenters. The van der Waals surface area contributed by atoms with Crippen LogP contribution in [0.1, 0.15) is 0 Å². The van der Waals surface area contributed by atoms with Crippen LogP contribution in [0.25, 0.3) is 33.5 Å². The number of hydrogen-bond acceptors (Lipinski definition) is 4. The Morgan fingerprint density at radius 1 is 0.957 bits per heavy atom. The molecule has 2 aromatic carbocycles. The van der Waals surface area contributed by atoms with E-state index in [4.69, 9.17) is 16.0 Å². The Balaban J connectivity index is 1.68. The molecule has 2 aromatic heterocycles. The van der Waals surface area contributed by atoms with Crippen molar-refractivity contribution in [2.45, 2.75) is 0 Å². The predicted molar refractivity (Wildman–Crippen MR) is 93.5 cm³/mol. The van der Waals surface area contributed by atoms with Gasteiger partial charge in [-0.05, 0) is 6.07 Å². The summed E-state index contributed by atoms with van der Waals surface area (Å²) in [6.07, 6.45) is 1.72. The normalized spacial score (nSPS) is 10.8. The first-order valence-corrected chi connectivity index (χ1v) is 8.29. The van der Waals surface area contributed by atoms with Crippen molar-refractivity contribution in [2.24, 2.45) is 0 Å². The summed E-state index contributed by atoms with van der Waals surface area (Å²) in [6, 6.07) is 17.5. The van der Waals surface area contributed by atoms with Gasteiger partial charge in [-0.3, -0.25) is 0 Å². The highest BCUT2D eigenvalue weighted by Gasteiger charge is 2.14. The zero-order chi connectivity index (χ0) is 15.6. The highest BCUT2D eigenvalue weighted by molar-refractivity contribution is 7.13. The zero-order valence-electron chi connectivity index (χ0n) is 11.9. The van der Waals surface area contributed by atoms with Crippen LogP contribution in [0.5, 0.6) is 0 Å². The van der Waals surface area contributed by atoms with Gasteiger partial charge < -0.3 is 4.42 Å².